The van der Waals surface area contributed by atoms with E-state index in [9.17, 15) is 9.59 Å². The van der Waals surface area contributed by atoms with Crippen LogP contribution in [0.15, 0.2) is 0 Å². The zero-order valence-electron chi connectivity index (χ0n) is 10.1. The molecule has 0 radical (unpaired) electrons. The zero-order chi connectivity index (χ0) is 12.3. The number of aliphatic carboxylic acids is 1. The van der Waals surface area contributed by atoms with E-state index in [2.05, 4.69) is 12.2 Å². The molecule has 1 aliphatic rings. The van der Waals surface area contributed by atoms with Crippen LogP contribution in [0.5, 0.6) is 0 Å². The van der Waals surface area contributed by atoms with Crippen LogP contribution >= 0.6 is 0 Å². The molecule has 1 fully saturated rings. The van der Waals surface area contributed by atoms with Gasteiger partial charge in [0.25, 0.3) is 0 Å². The predicted molar refractivity (Wildman–Crippen MR) is 60.1 cm³/mol. The number of amides is 2. The molecule has 1 saturated heterocycles. The van der Waals surface area contributed by atoms with Crippen molar-refractivity contribution >= 4 is 12.0 Å². The smallest absolute Gasteiger partial charge is 0.326 e. The van der Waals surface area contributed by atoms with Gasteiger partial charge in [0.05, 0.1) is 0 Å². The lowest BCUT2D eigenvalue weighted by atomic mass is 10.1. The van der Waals surface area contributed by atoms with Crippen LogP contribution in [0.4, 0.5) is 4.79 Å². The first-order chi connectivity index (χ1) is 7.41. The van der Waals surface area contributed by atoms with Gasteiger partial charge < -0.3 is 15.3 Å². The highest BCUT2D eigenvalue weighted by molar-refractivity contribution is 5.82. The summed E-state index contributed by atoms with van der Waals surface area (Å²) in [6.07, 6.45) is 0.993. The number of carbonyl (C=O) groups is 2. The Kier molecular flexibility index (Phi) is 4.15. The van der Waals surface area contributed by atoms with Gasteiger partial charge in [-0.2, -0.15) is 0 Å². The summed E-state index contributed by atoms with van der Waals surface area (Å²) >= 11 is 0. The Morgan fingerprint density at radius 2 is 2.06 bits per heavy atom. The minimum absolute atomic E-state index is 0.110. The minimum atomic E-state index is -0.976. The molecule has 0 aliphatic carbocycles. The molecule has 1 aliphatic heterocycles. The Balaban J connectivity index is 2.52. The number of likely N-dealkylation sites (tertiary alicyclic amines) is 1. The van der Waals surface area contributed by atoms with Gasteiger partial charge in [-0.15, -0.1) is 0 Å². The summed E-state index contributed by atoms with van der Waals surface area (Å²) in [6.45, 7) is 7.09. The van der Waals surface area contributed by atoms with E-state index in [1.165, 1.54) is 0 Å². The average molecular weight is 228 g/mol. The van der Waals surface area contributed by atoms with Gasteiger partial charge in [-0.25, -0.2) is 9.59 Å². The Morgan fingerprint density at radius 3 is 2.44 bits per heavy atom. The lowest BCUT2D eigenvalue weighted by Gasteiger charge is -2.22. The Morgan fingerprint density at radius 1 is 1.44 bits per heavy atom. The molecule has 1 unspecified atom stereocenters. The third kappa shape index (κ3) is 3.12. The van der Waals surface area contributed by atoms with Gasteiger partial charge in [0, 0.05) is 13.1 Å². The van der Waals surface area contributed by atoms with Gasteiger partial charge in [0.1, 0.15) is 6.04 Å². The zero-order valence-corrected chi connectivity index (χ0v) is 10.1. The van der Waals surface area contributed by atoms with Crippen molar-refractivity contribution in [2.24, 2.45) is 11.8 Å². The van der Waals surface area contributed by atoms with Crippen LogP contribution < -0.4 is 5.32 Å². The Hall–Kier alpha value is -1.26. The fourth-order valence-electron chi connectivity index (χ4n) is 1.86. The molecule has 5 heteroatoms. The summed E-state index contributed by atoms with van der Waals surface area (Å²) in [5.74, 6) is -0.579. The van der Waals surface area contributed by atoms with Crippen LogP contribution in [0.3, 0.4) is 0 Å². The van der Waals surface area contributed by atoms with Crippen LogP contribution in [0.1, 0.15) is 27.2 Å². The number of nitrogens with zero attached hydrogens (tertiary/aromatic N) is 1. The van der Waals surface area contributed by atoms with Crippen molar-refractivity contribution in [3.63, 3.8) is 0 Å². The largest absolute Gasteiger partial charge is 0.480 e. The predicted octanol–water partition coefficient (Wildman–Crippen LogP) is 1.15. The van der Waals surface area contributed by atoms with Crippen molar-refractivity contribution in [1.29, 1.82) is 0 Å². The van der Waals surface area contributed by atoms with E-state index in [4.69, 9.17) is 5.11 Å². The summed E-state index contributed by atoms with van der Waals surface area (Å²) in [6, 6.07) is -1.06. The van der Waals surface area contributed by atoms with E-state index in [1.54, 1.807) is 18.7 Å². The minimum Gasteiger partial charge on any atom is -0.480 e. The van der Waals surface area contributed by atoms with E-state index in [1.807, 2.05) is 0 Å². The van der Waals surface area contributed by atoms with Crippen molar-refractivity contribution in [2.75, 3.05) is 13.1 Å². The second-order valence-corrected chi connectivity index (χ2v) is 4.85. The Labute approximate surface area is 95.8 Å². The molecule has 0 aromatic rings. The molecule has 0 spiro atoms. The summed E-state index contributed by atoms with van der Waals surface area (Å²) in [4.78, 5) is 24.4. The van der Waals surface area contributed by atoms with Crippen LogP contribution in [0.25, 0.3) is 0 Å². The third-order valence-electron chi connectivity index (χ3n) is 2.92. The SMILES string of the molecule is CC1CCN(C(=O)N[C@H](C(=O)O)C(C)C)C1. The van der Waals surface area contributed by atoms with E-state index in [0.717, 1.165) is 19.5 Å². The maximum atomic E-state index is 11.8. The normalized spacial score (nSPS) is 22.2. The van der Waals surface area contributed by atoms with Gasteiger partial charge in [0.15, 0.2) is 0 Å². The first-order valence-electron chi connectivity index (χ1n) is 5.70. The van der Waals surface area contributed by atoms with E-state index in [-0.39, 0.29) is 11.9 Å². The molecule has 2 N–H and O–H groups in total. The average Bonchev–Trinajstić information content (AvgIpc) is 2.59. The van der Waals surface area contributed by atoms with Gasteiger partial charge in [0.2, 0.25) is 0 Å². The molecule has 92 valence electrons. The van der Waals surface area contributed by atoms with Crippen molar-refractivity contribution in [1.82, 2.24) is 10.2 Å². The number of urea groups is 1. The van der Waals surface area contributed by atoms with Crippen molar-refractivity contribution in [2.45, 2.75) is 33.2 Å². The quantitative estimate of drug-likeness (QED) is 0.761. The maximum Gasteiger partial charge on any atom is 0.326 e. The molecule has 0 aromatic heterocycles. The number of rotatable bonds is 3. The van der Waals surface area contributed by atoms with Crippen LogP contribution in [-0.2, 0) is 4.79 Å². The molecule has 0 bridgehead atoms. The summed E-state index contributed by atoms with van der Waals surface area (Å²) in [7, 11) is 0. The number of carbonyl (C=O) groups excluding carboxylic acids is 1. The van der Waals surface area contributed by atoms with E-state index < -0.39 is 12.0 Å². The van der Waals surface area contributed by atoms with Gasteiger partial charge >= 0.3 is 12.0 Å². The van der Waals surface area contributed by atoms with E-state index in [0.29, 0.717) is 5.92 Å². The Bertz CT molecular complexity index is 278. The van der Waals surface area contributed by atoms with Gasteiger partial charge in [-0.05, 0) is 18.3 Å². The maximum absolute atomic E-state index is 11.8. The lowest BCUT2D eigenvalue weighted by molar-refractivity contribution is -0.140. The molecule has 2 atom stereocenters. The molecule has 2 amide bonds. The molecule has 0 saturated carbocycles. The topological polar surface area (TPSA) is 69.6 Å². The number of hydrogen-bond acceptors (Lipinski definition) is 2. The van der Waals surface area contributed by atoms with Crippen LogP contribution in [0, 0.1) is 11.8 Å². The lowest BCUT2D eigenvalue weighted by Crippen LogP contribution is -2.49. The molecular formula is C11H20N2O3. The molecular weight excluding hydrogens is 208 g/mol. The number of nitrogens with one attached hydrogen (secondary N) is 1. The first-order valence-corrected chi connectivity index (χ1v) is 5.70. The highest BCUT2D eigenvalue weighted by atomic mass is 16.4. The number of hydrogen-bond donors (Lipinski definition) is 2. The molecule has 1 rings (SSSR count). The monoisotopic (exact) mass is 228 g/mol. The first kappa shape index (κ1) is 12.8. The van der Waals surface area contributed by atoms with Crippen molar-refractivity contribution < 1.29 is 14.7 Å². The van der Waals surface area contributed by atoms with Crippen LogP contribution in [-0.4, -0.2) is 41.1 Å². The molecule has 1 heterocycles. The fraction of sp³-hybridized carbons (Fsp3) is 0.818. The standard InChI is InChI=1S/C11H20N2O3/c1-7(2)9(10(14)15)12-11(16)13-5-4-8(3)6-13/h7-9H,4-6H2,1-3H3,(H,12,16)(H,14,15)/t8?,9-/m0/s1. The second kappa shape index (κ2) is 5.18. The van der Waals surface area contributed by atoms with Gasteiger partial charge in [-0.3, -0.25) is 0 Å². The molecule has 16 heavy (non-hydrogen) atoms. The highest BCUT2D eigenvalue weighted by Gasteiger charge is 2.28. The van der Waals surface area contributed by atoms with Crippen LogP contribution in [0.2, 0.25) is 0 Å². The van der Waals surface area contributed by atoms with Gasteiger partial charge in [-0.1, -0.05) is 20.8 Å². The second-order valence-electron chi connectivity index (χ2n) is 4.85. The third-order valence-corrected chi connectivity index (χ3v) is 2.92. The number of carboxylic acid groups (broad SMARTS) is 1. The summed E-state index contributed by atoms with van der Waals surface area (Å²) in [5, 5.41) is 11.5. The highest BCUT2D eigenvalue weighted by Crippen LogP contribution is 2.15. The van der Waals surface area contributed by atoms with Crippen molar-refractivity contribution in [3.8, 4) is 0 Å². The summed E-state index contributed by atoms with van der Waals surface area (Å²) < 4.78 is 0. The fourth-order valence-corrected chi connectivity index (χ4v) is 1.86. The molecule has 0 aromatic carbocycles. The molecule has 5 nitrogen and oxygen atoms in total. The van der Waals surface area contributed by atoms with Crippen molar-refractivity contribution in [3.05, 3.63) is 0 Å². The number of carboxylic acids is 1. The van der Waals surface area contributed by atoms with E-state index >= 15 is 0 Å². The summed E-state index contributed by atoms with van der Waals surface area (Å²) in [5.41, 5.74) is 0.